The van der Waals surface area contributed by atoms with E-state index in [1.165, 1.54) is 12.1 Å². The third kappa shape index (κ3) is 5.05. The molecule has 3 rings (SSSR count). The third-order valence-electron chi connectivity index (χ3n) is 4.55. The van der Waals surface area contributed by atoms with E-state index in [1.807, 2.05) is 20.8 Å². The van der Waals surface area contributed by atoms with Gasteiger partial charge in [0.25, 0.3) is 0 Å². The average molecular weight is 410 g/mol. The van der Waals surface area contributed by atoms with E-state index in [9.17, 15) is 9.18 Å². The maximum Gasteiger partial charge on any atom is 0.248 e. The van der Waals surface area contributed by atoms with E-state index in [1.54, 1.807) is 43.5 Å². The molecule has 0 aliphatic rings. The fraction of sp³-hybridized carbons (Fsp3) is 0.217. The lowest BCUT2D eigenvalue weighted by Gasteiger charge is -2.11. The van der Waals surface area contributed by atoms with Gasteiger partial charge in [0.05, 0.1) is 24.1 Å². The topological polar surface area (TPSA) is 73.6 Å². The Bertz CT molecular complexity index is 1070. The van der Waals surface area contributed by atoms with Crippen LogP contribution in [0.3, 0.4) is 0 Å². The quantitative estimate of drug-likeness (QED) is 0.556. The summed E-state index contributed by atoms with van der Waals surface area (Å²) in [5, 5.41) is 6.45. The summed E-state index contributed by atoms with van der Waals surface area (Å²) in [6, 6.07) is 9.84. The number of aryl methyl sites for hydroxylation is 3. The van der Waals surface area contributed by atoms with Gasteiger partial charge in [-0.05, 0) is 62.2 Å². The van der Waals surface area contributed by atoms with Crippen molar-refractivity contribution in [1.82, 2.24) is 5.16 Å². The van der Waals surface area contributed by atoms with E-state index in [4.69, 9.17) is 14.0 Å². The van der Waals surface area contributed by atoms with Crippen LogP contribution in [0.25, 0.3) is 6.08 Å². The number of benzene rings is 2. The van der Waals surface area contributed by atoms with E-state index in [2.05, 4.69) is 10.5 Å². The Morgan fingerprint density at radius 3 is 2.67 bits per heavy atom. The van der Waals surface area contributed by atoms with Gasteiger partial charge >= 0.3 is 0 Å². The molecule has 1 N–H and O–H groups in total. The van der Waals surface area contributed by atoms with Crippen molar-refractivity contribution in [2.45, 2.75) is 27.4 Å². The average Bonchev–Trinajstić information content (AvgIpc) is 3.05. The number of amides is 1. The van der Waals surface area contributed by atoms with Crippen LogP contribution in [-0.4, -0.2) is 18.2 Å². The first-order valence-electron chi connectivity index (χ1n) is 9.35. The molecule has 0 spiro atoms. The van der Waals surface area contributed by atoms with Gasteiger partial charge in [0.1, 0.15) is 18.2 Å². The maximum atomic E-state index is 13.8. The van der Waals surface area contributed by atoms with Gasteiger partial charge in [-0.1, -0.05) is 17.3 Å². The molecule has 0 atom stereocenters. The Kier molecular flexibility index (Phi) is 6.51. The van der Waals surface area contributed by atoms with Crippen molar-refractivity contribution in [3.8, 4) is 11.5 Å². The van der Waals surface area contributed by atoms with E-state index in [0.717, 1.165) is 22.4 Å². The number of methoxy groups -OCH3 is 1. The highest BCUT2D eigenvalue weighted by molar-refractivity contribution is 6.02. The molecule has 30 heavy (non-hydrogen) atoms. The molecule has 0 fully saturated rings. The number of aromatic nitrogens is 1. The van der Waals surface area contributed by atoms with Crippen LogP contribution in [0.15, 0.2) is 47.0 Å². The molecule has 0 saturated carbocycles. The lowest BCUT2D eigenvalue weighted by molar-refractivity contribution is -0.111. The molecule has 3 aromatic rings. The molecule has 7 heteroatoms. The number of nitrogens with zero attached hydrogens (tertiary/aromatic N) is 1. The number of anilines is 1. The van der Waals surface area contributed by atoms with Crippen molar-refractivity contribution in [2.75, 3.05) is 12.4 Å². The Balaban J connectivity index is 1.68. The molecule has 1 amide bonds. The second-order valence-corrected chi connectivity index (χ2v) is 6.81. The second-order valence-electron chi connectivity index (χ2n) is 6.81. The molecule has 1 aromatic heterocycles. The minimum atomic E-state index is -0.483. The van der Waals surface area contributed by atoms with E-state index in [0.29, 0.717) is 23.9 Å². The van der Waals surface area contributed by atoms with Gasteiger partial charge in [-0.2, -0.15) is 0 Å². The number of rotatable bonds is 7. The van der Waals surface area contributed by atoms with E-state index < -0.39 is 11.7 Å². The van der Waals surface area contributed by atoms with Gasteiger partial charge in [0, 0.05) is 6.08 Å². The molecule has 0 saturated heterocycles. The summed E-state index contributed by atoms with van der Waals surface area (Å²) in [6.45, 7) is 5.81. The van der Waals surface area contributed by atoms with Crippen LogP contribution in [0.4, 0.5) is 10.1 Å². The highest BCUT2D eigenvalue weighted by Gasteiger charge is 2.12. The van der Waals surface area contributed by atoms with Gasteiger partial charge in [0.2, 0.25) is 5.91 Å². The largest absolute Gasteiger partial charge is 0.493 e. The molecule has 1 heterocycles. The molecule has 0 bridgehead atoms. The monoisotopic (exact) mass is 410 g/mol. The number of halogens is 1. The summed E-state index contributed by atoms with van der Waals surface area (Å²) in [5.41, 5.74) is 3.40. The van der Waals surface area contributed by atoms with Crippen molar-refractivity contribution >= 4 is 17.7 Å². The molecule has 2 aromatic carbocycles. The Morgan fingerprint density at radius 2 is 1.97 bits per heavy atom. The van der Waals surface area contributed by atoms with Crippen LogP contribution in [-0.2, 0) is 11.4 Å². The van der Waals surface area contributed by atoms with Crippen LogP contribution in [0.2, 0.25) is 0 Å². The number of hydrogen-bond acceptors (Lipinski definition) is 5. The van der Waals surface area contributed by atoms with Crippen molar-refractivity contribution in [2.24, 2.45) is 0 Å². The lowest BCUT2D eigenvalue weighted by Crippen LogP contribution is -2.09. The summed E-state index contributed by atoms with van der Waals surface area (Å²) >= 11 is 0. The van der Waals surface area contributed by atoms with Gasteiger partial charge < -0.3 is 19.3 Å². The number of carbonyl (C=O) groups is 1. The molecule has 6 nitrogen and oxygen atoms in total. The maximum absolute atomic E-state index is 13.8. The normalized spacial score (nSPS) is 11.0. The third-order valence-corrected chi connectivity index (χ3v) is 4.55. The first-order chi connectivity index (χ1) is 14.4. The van der Waals surface area contributed by atoms with Gasteiger partial charge in [-0.25, -0.2) is 4.39 Å². The first kappa shape index (κ1) is 21.1. The molecule has 0 aliphatic carbocycles. The molecule has 0 unspecified atom stereocenters. The van der Waals surface area contributed by atoms with Gasteiger partial charge in [-0.3, -0.25) is 4.79 Å². The Morgan fingerprint density at radius 1 is 1.17 bits per heavy atom. The first-order valence-corrected chi connectivity index (χ1v) is 9.35. The zero-order valence-electron chi connectivity index (χ0n) is 17.3. The zero-order chi connectivity index (χ0) is 21.7. The smallest absolute Gasteiger partial charge is 0.248 e. The minimum absolute atomic E-state index is 0.144. The molecule has 0 aliphatic heterocycles. The predicted octanol–water partition coefficient (Wildman–Crippen LogP) is 4.98. The van der Waals surface area contributed by atoms with Crippen LogP contribution in [0.5, 0.6) is 11.5 Å². The molecule has 0 radical (unpaired) electrons. The highest BCUT2D eigenvalue weighted by atomic mass is 19.1. The lowest BCUT2D eigenvalue weighted by atomic mass is 10.1. The van der Waals surface area contributed by atoms with E-state index in [-0.39, 0.29) is 5.69 Å². The fourth-order valence-corrected chi connectivity index (χ4v) is 2.85. The van der Waals surface area contributed by atoms with Crippen LogP contribution in [0.1, 0.15) is 28.1 Å². The van der Waals surface area contributed by atoms with Crippen molar-refractivity contribution < 1.29 is 23.2 Å². The van der Waals surface area contributed by atoms with Gasteiger partial charge in [0.15, 0.2) is 11.5 Å². The van der Waals surface area contributed by atoms with Crippen LogP contribution < -0.4 is 14.8 Å². The summed E-state index contributed by atoms with van der Waals surface area (Å²) in [6.07, 6.45) is 2.95. The molecular formula is C23H23FN2O4. The van der Waals surface area contributed by atoms with Gasteiger partial charge in [-0.15, -0.1) is 0 Å². The molecule has 156 valence electrons. The summed E-state index contributed by atoms with van der Waals surface area (Å²) in [5.74, 6) is 0.873. The minimum Gasteiger partial charge on any atom is -0.493 e. The predicted molar refractivity (Wildman–Crippen MR) is 112 cm³/mol. The number of carbonyl (C=O) groups excluding carboxylic acids is 1. The Labute approximate surface area is 174 Å². The van der Waals surface area contributed by atoms with Crippen molar-refractivity contribution in [3.63, 3.8) is 0 Å². The second kappa shape index (κ2) is 9.26. The van der Waals surface area contributed by atoms with Crippen molar-refractivity contribution in [3.05, 3.63) is 76.4 Å². The fourth-order valence-electron chi connectivity index (χ4n) is 2.85. The summed E-state index contributed by atoms with van der Waals surface area (Å²) in [7, 11) is 1.54. The number of hydrogen-bond donors (Lipinski definition) is 1. The van der Waals surface area contributed by atoms with Crippen LogP contribution in [0, 0.1) is 26.6 Å². The number of nitrogens with one attached hydrogen (secondary N) is 1. The van der Waals surface area contributed by atoms with E-state index >= 15 is 0 Å². The summed E-state index contributed by atoms with van der Waals surface area (Å²) in [4.78, 5) is 12.1. The van der Waals surface area contributed by atoms with Crippen LogP contribution >= 0.6 is 0 Å². The number of ether oxygens (including phenoxy) is 2. The molecular weight excluding hydrogens is 387 g/mol. The van der Waals surface area contributed by atoms with Crippen molar-refractivity contribution in [1.29, 1.82) is 0 Å². The standard InChI is InChI=1S/C23H23FN2O4/c1-14-5-8-19(24)20(11-14)25-23(27)10-7-17-6-9-21(22(12-17)28-4)29-13-18-15(2)26-30-16(18)3/h5-12H,13H2,1-4H3,(H,25,27). The SMILES string of the molecule is COc1cc(C=CC(=O)Nc2cc(C)ccc2F)ccc1OCc1c(C)noc1C. The highest BCUT2D eigenvalue weighted by Crippen LogP contribution is 2.30. The zero-order valence-corrected chi connectivity index (χ0v) is 17.3. The Hall–Kier alpha value is -3.61. The summed E-state index contributed by atoms with van der Waals surface area (Å²) < 4.78 is 30.2.